The summed E-state index contributed by atoms with van der Waals surface area (Å²) < 4.78 is 70.6. The van der Waals surface area contributed by atoms with Gasteiger partial charge in [-0.15, -0.1) is 0 Å². The summed E-state index contributed by atoms with van der Waals surface area (Å²) >= 11 is -1.96. The predicted molar refractivity (Wildman–Crippen MR) is 504 cm³/mol. The molecule has 0 radical (unpaired) electrons. The standard InChI is InChI=1S/C99H142N12O21S/c1-68(2)92(94(119)106-65-88(115)107-75-32-28-71-30-34-84-97(3,79(71)64-75)40-16-41-99(84,5)96(121)110-95(120)98(4)39-15-20-76-77-63-74(100)31-27-70(77)29-33-78(76)98)109-93(118)81(22-13-14-42-103-89(116)67-132-83-24-8-6-7-21-80(91(83)101)102-43-48-126-52-56-130-60-58-128-54-50-124-46-37-86(113)105-45-62-133(122)123)108-87(114)38-47-125-51-55-129-59-61-131-57-53-127-49-44-104-85(112)35-36-90(117)111-66-73-19-10-9-17-69(73)25-26-72-18-11-12-23-82(72)111/h9-12,17-19,23,27-28,31-32,63-64,68,76,78,81,83-84,92,102H,6-8,13-16,20-22,24,29-30,33-62,65-67,100-101H2,1-5H3,(H,103,116)(H,104,112)(H,105,113)(H,106,119)(H,107,115)(H,108,114)(H,109,118)(H,122,123)(H,110,120,121)/b91-80-/t76?,78-,81-,83?,84?,92?,97-,98+,99+/m1/s1. The molecule has 2 fully saturated rings. The average Bonchev–Trinajstić information content (AvgIpc) is 0.719. The van der Waals surface area contributed by atoms with Crippen LogP contribution in [0.15, 0.2) is 96.3 Å². The van der Waals surface area contributed by atoms with Gasteiger partial charge in [-0.3, -0.25) is 53.3 Å². The molecule has 1 aliphatic heterocycles. The fraction of sp³-hybridized carbons (Fsp3) is 0.616. The van der Waals surface area contributed by atoms with Crippen molar-refractivity contribution in [2.24, 2.45) is 34.3 Å². The number of rotatable bonds is 55. The van der Waals surface area contributed by atoms with Crippen LogP contribution < -0.4 is 64.2 Å². The highest BCUT2D eigenvalue weighted by molar-refractivity contribution is 7.79. The van der Waals surface area contributed by atoms with Crippen molar-refractivity contribution in [1.82, 2.24) is 42.5 Å². The Hall–Kier alpha value is -9.77. The number of imide groups is 1. The Morgan fingerprint density at radius 2 is 1.14 bits per heavy atom. The maximum absolute atomic E-state index is 14.9. The number of nitrogen functional groups attached to an aromatic ring is 1. The minimum absolute atomic E-state index is 0.00392. The minimum atomic E-state index is -1.96. The van der Waals surface area contributed by atoms with Crippen LogP contribution in [0.3, 0.4) is 0 Å². The van der Waals surface area contributed by atoms with E-state index in [4.69, 9.17) is 58.7 Å². The summed E-state index contributed by atoms with van der Waals surface area (Å²) in [4.78, 5) is 139. The minimum Gasteiger partial charge on any atom is -0.399 e. The second-order valence-corrected chi connectivity index (χ2v) is 37.3. The largest absolute Gasteiger partial charge is 0.399 e. The average molecular weight is 1870 g/mol. The molecule has 730 valence electrons. The molecule has 6 aliphatic rings. The van der Waals surface area contributed by atoms with Crippen LogP contribution in [0.5, 0.6) is 0 Å². The molecule has 0 aromatic heterocycles. The van der Waals surface area contributed by atoms with E-state index in [1.807, 2.05) is 86.6 Å². The number of nitrogens with one attached hydrogen (secondary N) is 9. The number of aryl methyl sites for hydroxylation is 2. The highest BCUT2D eigenvalue weighted by Gasteiger charge is 2.57. The van der Waals surface area contributed by atoms with Gasteiger partial charge in [0.1, 0.15) is 18.7 Å². The lowest BCUT2D eigenvalue weighted by Gasteiger charge is -2.55. The molecule has 34 heteroatoms. The predicted octanol–water partition coefficient (Wildman–Crippen LogP) is 7.63. The van der Waals surface area contributed by atoms with Gasteiger partial charge < -0.3 is 106 Å². The molecule has 10 amide bonds. The van der Waals surface area contributed by atoms with E-state index in [2.05, 4.69) is 78.7 Å². The van der Waals surface area contributed by atoms with Gasteiger partial charge in [-0.2, -0.15) is 0 Å². The summed E-state index contributed by atoms with van der Waals surface area (Å²) in [6.07, 6.45) is 12.5. The highest BCUT2D eigenvalue weighted by atomic mass is 32.2. The summed E-state index contributed by atoms with van der Waals surface area (Å²) in [5.41, 5.74) is 21.5. The molecule has 5 aliphatic carbocycles. The molecule has 0 saturated heterocycles. The summed E-state index contributed by atoms with van der Waals surface area (Å²) in [5, 5.41) is 26.1. The maximum Gasteiger partial charge on any atom is 0.246 e. The number of fused-ring (bicyclic) bond motifs is 8. The van der Waals surface area contributed by atoms with Crippen molar-refractivity contribution in [3.8, 4) is 11.8 Å². The third-order valence-corrected chi connectivity index (χ3v) is 27.0. The Balaban J connectivity index is 0.640. The van der Waals surface area contributed by atoms with Crippen molar-refractivity contribution in [3.63, 3.8) is 0 Å². The van der Waals surface area contributed by atoms with Crippen LogP contribution in [0.25, 0.3) is 0 Å². The number of amides is 10. The van der Waals surface area contributed by atoms with Crippen LogP contribution in [-0.4, -0.2) is 237 Å². The van der Waals surface area contributed by atoms with Crippen molar-refractivity contribution < 1.29 is 99.3 Å². The fourth-order valence-electron chi connectivity index (χ4n) is 19.2. The van der Waals surface area contributed by atoms with Gasteiger partial charge in [-0.05, 0) is 189 Å². The van der Waals surface area contributed by atoms with Gasteiger partial charge in [0.15, 0.2) is 11.1 Å². The number of allylic oxidation sites excluding steroid dienone is 1. The Kier molecular flexibility index (Phi) is 43.3. The summed E-state index contributed by atoms with van der Waals surface area (Å²) in [6, 6.07) is 25.0. The van der Waals surface area contributed by atoms with Gasteiger partial charge in [-0.1, -0.05) is 115 Å². The molecule has 4 aromatic rings. The van der Waals surface area contributed by atoms with Crippen LogP contribution in [0.1, 0.15) is 208 Å². The number of carbonyl (C=O) groups is 10. The first-order valence-corrected chi connectivity index (χ1v) is 48.9. The van der Waals surface area contributed by atoms with Gasteiger partial charge in [-0.25, -0.2) is 4.21 Å². The number of anilines is 3. The summed E-state index contributed by atoms with van der Waals surface area (Å²) in [6.45, 7) is 15.0. The second-order valence-electron chi connectivity index (χ2n) is 36.2. The zero-order chi connectivity index (χ0) is 95.0. The number of nitrogens with zero attached hydrogens (tertiary/aromatic N) is 1. The van der Waals surface area contributed by atoms with Gasteiger partial charge in [0.2, 0.25) is 59.1 Å². The molecule has 0 spiro atoms. The van der Waals surface area contributed by atoms with Crippen LogP contribution in [0.2, 0.25) is 0 Å². The van der Waals surface area contributed by atoms with Crippen LogP contribution in [0, 0.1) is 40.4 Å². The quantitative estimate of drug-likeness (QED) is 0.00664. The van der Waals surface area contributed by atoms with Gasteiger partial charge in [0, 0.05) is 80.1 Å². The number of hydrogen-bond donors (Lipinski definition) is 12. The maximum atomic E-state index is 14.9. The first-order chi connectivity index (χ1) is 64.2. The molecule has 10 atom stereocenters. The third kappa shape index (κ3) is 32.5. The van der Waals surface area contributed by atoms with E-state index in [-0.39, 0.29) is 177 Å². The fourth-order valence-corrected chi connectivity index (χ4v) is 19.5. The van der Waals surface area contributed by atoms with Crippen LogP contribution in [0.4, 0.5) is 17.1 Å². The van der Waals surface area contributed by atoms with Crippen molar-refractivity contribution in [3.05, 3.63) is 135 Å². The molecular weight excluding hydrogens is 1730 g/mol. The number of benzene rings is 4. The van der Waals surface area contributed by atoms with E-state index < -0.39 is 81.6 Å². The number of hydrogen-bond acceptors (Lipinski definition) is 23. The molecule has 10 rings (SSSR count). The van der Waals surface area contributed by atoms with E-state index in [0.29, 0.717) is 121 Å². The lowest BCUT2D eigenvalue weighted by atomic mass is 9.49. The normalized spacial score (nSPS) is 21.3. The Morgan fingerprint density at radius 3 is 1.85 bits per heavy atom. The Morgan fingerprint density at radius 1 is 0.534 bits per heavy atom. The Bertz CT molecular complexity index is 4660. The molecule has 5 unspecified atom stereocenters. The SMILES string of the molecule is CC(C)C(NC(=O)[C@@H](CCCCNC(=O)COC1CCCCC/C(NCCOCCOCCOCCOCCC(=O)NCCS(=O)O)=C\1N)NC(=O)CCOCCOCCOCCOCCNC(=O)CCC(=O)N1Cc2ccccc2C#Cc2ccccc21)C(=O)NCC(=O)Nc1ccc2c(c1)[C@@]1(C)CCC[C@](C)(C(=O)NC(=O)[C@@]3(C)CCCC4c5cc(N)ccc5CC[C@H]43)C1CC2. The lowest BCUT2D eigenvalue weighted by molar-refractivity contribution is -0.149. The number of carbonyl (C=O) groups excluding carboxylic acids is 10. The van der Waals surface area contributed by atoms with Crippen LogP contribution >= 0.6 is 0 Å². The Labute approximate surface area is 785 Å². The smallest absolute Gasteiger partial charge is 0.246 e. The van der Waals surface area contributed by atoms with Crippen molar-refractivity contribution in [2.45, 2.75) is 212 Å². The highest BCUT2D eigenvalue weighted by Crippen LogP contribution is 2.59. The van der Waals surface area contributed by atoms with E-state index in [1.54, 1.807) is 18.7 Å². The molecule has 133 heavy (non-hydrogen) atoms. The number of nitrogens with two attached hydrogens (primary N) is 2. The topological polar surface area (TPSA) is 455 Å². The molecule has 1 heterocycles. The first kappa shape index (κ1) is 105. The van der Waals surface area contributed by atoms with E-state index >= 15 is 0 Å². The number of unbranched alkanes of at least 4 members (excludes halogenated alkanes) is 1. The van der Waals surface area contributed by atoms with Gasteiger partial charge in [0.25, 0.3) is 0 Å². The zero-order valence-electron chi connectivity index (χ0n) is 78.3. The monoisotopic (exact) mass is 1870 g/mol. The van der Waals surface area contributed by atoms with Gasteiger partial charge in [0.05, 0.1) is 153 Å². The molecule has 4 aromatic carbocycles. The lowest BCUT2D eigenvalue weighted by Crippen LogP contribution is -2.58. The van der Waals surface area contributed by atoms with Gasteiger partial charge >= 0.3 is 0 Å². The molecule has 14 N–H and O–H groups in total. The molecule has 0 bridgehead atoms. The second kappa shape index (κ2) is 54.7. The van der Waals surface area contributed by atoms with Crippen molar-refractivity contribution in [1.29, 1.82) is 0 Å². The van der Waals surface area contributed by atoms with E-state index in [0.717, 1.165) is 103 Å². The molecule has 33 nitrogen and oxygen atoms in total. The number of para-hydroxylation sites is 1. The summed E-state index contributed by atoms with van der Waals surface area (Å²) in [7, 11) is 0. The summed E-state index contributed by atoms with van der Waals surface area (Å²) in [5.74, 6) is 2.38. The van der Waals surface area contributed by atoms with Crippen LogP contribution in [-0.2, 0) is 126 Å². The molecular formula is C99H142N12O21S. The molecule has 2 saturated carbocycles. The first-order valence-electron chi connectivity index (χ1n) is 47.6. The number of ether oxygens (including phenoxy) is 9. The third-order valence-electron chi connectivity index (χ3n) is 26.5. The zero-order valence-corrected chi connectivity index (χ0v) is 79.1. The van der Waals surface area contributed by atoms with Crippen molar-refractivity contribution >= 4 is 87.2 Å². The van der Waals surface area contributed by atoms with E-state index in [1.165, 1.54) is 11.1 Å². The van der Waals surface area contributed by atoms with E-state index in [9.17, 15) is 52.2 Å². The van der Waals surface area contributed by atoms with Crippen molar-refractivity contribution in [2.75, 3.05) is 167 Å².